The average molecular weight is 266 g/mol. The Labute approximate surface area is 109 Å². The summed E-state index contributed by atoms with van der Waals surface area (Å²) in [5, 5.41) is 16.6. The normalized spacial score (nSPS) is 12.1. The van der Waals surface area contributed by atoms with Crippen LogP contribution in [0.25, 0.3) is 0 Å². The van der Waals surface area contributed by atoms with E-state index in [0.29, 0.717) is 16.3 Å². The Bertz CT molecular complexity index is 568. The molecule has 1 unspecified atom stereocenters. The number of benzene rings is 1. The minimum atomic E-state index is -0.983. The van der Waals surface area contributed by atoms with Crippen LogP contribution in [0.5, 0.6) is 0 Å². The van der Waals surface area contributed by atoms with Gasteiger partial charge >= 0.3 is 5.97 Å². The van der Waals surface area contributed by atoms with Crippen LogP contribution in [-0.2, 0) is 11.8 Å². The van der Waals surface area contributed by atoms with Crippen molar-refractivity contribution in [1.29, 1.82) is 0 Å². The molecule has 2 rings (SSSR count). The van der Waals surface area contributed by atoms with Crippen molar-refractivity contribution in [2.24, 2.45) is 7.05 Å². The molecule has 0 spiro atoms. The number of aliphatic carboxylic acids is 1. The van der Waals surface area contributed by atoms with Gasteiger partial charge in [0.15, 0.2) is 6.04 Å². The number of aromatic nitrogens is 2. The fourth-order valence-electron chi connectivity index (χ4n) is 1.61. The molecule has 18 heavy (non-hydrogen) atoms. The van der Waals surface area contributed by atoms with E-state index >= 15 is 0 Å². The van der Waals surface area contributed by atoms with Gasteiger partial charge in [0.25, 0.3) is 0 Å². The summed E-state index contributed by atoms with van der Waals surface area (Å²) in [5.74, 6) is -0.983. The molecule has 1 aromatic heterocycles. The Balaban J connectivity index is 2.28. The molecule has 5 nitrogen and oxygen atoms in total. The van der Waals surface area contributed by atoms with Crippen LogP contribution >= 0.6 is 11.6 Å². The van der Waals surface area contributed by atoms with Crippen LogP contribution in [0.3, 0.4) is 0 Å². The Hall–Kier alpha value is -2.01. The zero-order valence-electron chi connectivity index (χ0n) is 9.67. The number of hydrogen-bond donors (Lipinski definition) is 2. The zero-order valence-corrected chi connectivity index (χ0v) is 10.4. The third kappa shape index (κ3) is 2.62. The van der Waals surface area contributed by atoms with Gasteiger partial charge in [-0.1, -0.05) is 23.7 Å². The van der Waals surface area contributed by atoms with E-state index in [2.05, 4.69) is 10.4 Å². The fourth-order valence-corrected chi connectivity index (χ4v) is 1.80. The van der Waals surface area contributed by atoms with E-state index in [1.54, 1.807) is 42.2 Å². The third-order valence-electron chi connectivity index (χ3n) is 2.48. The molecule has 0 saturated heterocycles. The molecule has 1 heterocycles. The number of para-hydroxylation sites is 1. The van der Waals surface area contributed by atoms with Crippen LogP contribution in [0.2, 0.25) is 5.02 Å². The number of carboxylic acids is 1. The van der Waals surface area contributed by atoms with Crippen molar-refractivity contribution in [3.63, 3.8) is 0 Å². The van der Waals surface area contributed by atoms with E-state index in [9.17, 15) is 9.90 Å². The Morgan fingerprint density at radius 3 is 2.78 bits per heavy atom. The van der Waals surface area contributed by atoms with Crippen molar-refractivity contribution in [2.75, 3.05) is 5.32 Å². The van der Waals surface area contributed by atoms with Crippen LogP contribution in [0.1, 0.15) is 11.6 Å². The highest BCUT2D eigenvalue weighted by molar-refractivity contribution is 6.33. The molecule has 1 atom stereocenters. The van der Waals surface area contributed by atoms with E-state index in [-0.39, 0.29) is 0 Å². The summed E-state index contributed by atoms with van der Waals surface area (Å²) < 4.78 is 1.56. The molecule has 0 amide bonds. The van der Waals surface area contributed by atoms with Crippen molar-refractivity contribution < 1.29 is 9.90 Å². The van der Waals surface area contributed by atoms with Crippen molar-refractivity contribution in [2.45, 2.75) is 6.04 Å². The first-order chi connectivity index (χ1) is 8.58. The lowest BCUT2D eigenvalue weighted by Gasteiger charge is -2.15. The summed E-state index contributed by atoms with van der Waals surface area (Å²) in [6.45, 7) is 0. The zero-order chi connectivity index (χ0) is 13.1. The van der Waals surface area contributed by atoms with Crippen LogP contribution in [-0.4, -0.2) is 20.9 Å². The lowest BCUT2D eigenvalue weighted by atomic mass is 10.1. The maximum Gasteiger partial charge on any atom is 0.330 e. The van der Waals surface area contributed by atoms with Gasteiger partial charge in [0, 0.05) is 18.8 Å². The molecule has 0 aliphatic rings. The number of aryl methyl sites for hydroxylation is 1. The first-order valence-corrected chi connectivity index (χ1v) is 5.68. The standard InChI is InChI=1S/C12H12ClN3O2/c1-16-7-8(6-14-16)11(12(17)18)15-10-5-3-2-4-9(10)13/h2-7,11,15H,1H3,(H,17,18). The molecular formula is C12H12ClN3O2. The second-order valence-electron chi connectivity index (χ2n) is 3.84. The molecule has 0 bridgehead atoms. The molecule has 2 N–H and O–H groups in total. The van der Waals surface area contributed by atoms with Crippen molar-refractivity contribution in [1.82, 2.24) is 9.78 Å². The van der Waals surface area contributed by atoms with E-state index in [4.69, 9.17) is 11.6 Å². The topological polar surface area (TPSA) is 67.2 Å². The SMILES string of the molecule is Cn1cc(C(Nc2ccccc2Cl)C(=O)O)cn1. The minimum Gasteiger partial charge on any atom is -0.479 e. The van der Waals surface area contributed by atoms with Crippen LogP contribution in [0.4, 0.5) is 5.69 Å². The quantitative estimate of drug-likeness (QED) is 0.890. The minimum absolute atomic E-state index is 0.479. The maximum absolute atomic E-state index is 11.3. The van der Waals surface area contributed by atoms with Gasteiger partial charge < -0.3 is 10.4 Å². The second-order valence-corrected chi connectivity index (χ2v) is 4.25. The van der Waals surface area contributed by atoms with Crippen LogP contribution in [0.15, 0.2) is 36.7 Å². The Kier molecular flexibility index (Phi) is 3.53. The van der Waals surface area contributed by atoms with Crippen LogP contribution < -0.4 is 5.32 Å². The molecule has 0 radical (unpaired) electrons. The summed E-state index contributed by atoms with van der Waals surface area (Å²) in [6, 6.07) is 6.13. The van der Waals surface area contributed by atoms with Gasteiger partial charge in [-0.15, -0.1) is 0 Å². The second kappa shape index (κ2) is 5.10. The lowest BCUT2D eigenvalue weighted by Crippen LogP contribution is -2.20. The van der Waals surface area contributed by atoms with E-state index < -0.39 is 12.0 Å². The first kappa shape index (κ1) is 12.4. The average Bonchev–Trinajstić information content (AvgIpc) is 2.74. The summed E-state index contributed by atoms with van der Waals surface area (Å²) in [6.07, 6.45) is 3.17. The van der Waals surface area contributed by atoms with Crippen molar-refractivity contribution in [3.05, 3.63) is 47.2 Å². The van der Waals surface area contributed by atoms with E-state index in [0.717, 1.165) is 0 Å². The van der Waals surface area contributed by atoms with Gasteiger partial charge in [-0.3, -0.25) is 4.68 Å². The predicted octanol–water partition coefficient (Wildman–Crippen LogP) is 2.31. The van der Waals surface area contributed by atoms with Gasteiger partial charge in [0.2, 0.25) is 0 Å². The molecule has 0 saturated carbocycles. The maximum atomic E-state index is 11.3. The third-order valence-corrected chi connectivity index (χ3v) is 2.81. The smallest absolute Gasteiger partial charge is 0.330 e. The first-order valence-electron chi connectivity index (χ1n) is 5.30. The molecule has 1 aromatic carbocycles. The number of halogens is 1. The number of anilines is 1. The summed E-state index contributed by atoms with van der Waals surface area (Å²) in [5.41, 5.74) is 1.15. The van der Waals surface area contributed by atoms with E-state index in [1.165, 1.54) is 6.20 Å². The molecule has 0 fully saturated rings. The number of carbonyl (C=O) groups is 1. The molecule has 6 heteroatoms. The highest BCUT2D eigenvalue weighted by Crippen LogP contribution is 2.25. The highest BCUT2D eigenvalue weighted by Gasteiger charge is 2.21. The fraction of sp³-hybridized carbons (Fsp3) is 0.167. The predicted molar refractivity (Wildman–Crippen MR) is 68.7 cm³/mol. The number of hydrogen-bond acceptors (Lipinski definition) is 3. The van der Waals surface area contributed by atoms with E-state index in [1.807, 2.05) is 0 Å². The number of carboxylic acid groups (broad SMARTS) is 1. The van der Waals surface area contributed by atoms with Crippen molar-refractivity contribution in [3.8, 4) is 0 Å². The Morgan fingerprint density at radius 2 is 2.22 bits per heavy atom. The van der Waals surface area contributed by atoms with Crippen LogP contribution in [0, 0.1) is 0 Å². The molecule has 2 aromatic rings. The Morgan fingerprint density at radius 1 is 1.50 bits per heavy atom. The van der Waals surface area contributed by atoms with Gasteiger partial charge in [0.1, 0.15) is 0 Å². The molecule has 94 valence electrons. The number of nitrogens with zero attached hydrogens (tertiary/aromatic N) is 2. The highest BCUT2D eigenvalue weighted by atomic mass is 35.5. The van der Waals surface area contributed by atoms with Gasteiger partial charge in [-0.05, 0) is 12.1 Å². The summed E-state index contributed by atoms with van der Waals surface area (Å²) in [7, 11) is 1.73. The number of rotatable bonds is 4. The monoisotopic (exact) mass is 265 g/mol. The summed E-state index contributed by atoms with van der Waals surface area (Å²) in [4.78, 5) is 11.3. The summed E-state index contributed by atoms with van der Waals surface area (Å²) >= 11 is 5.99. The lowest BCUT2D eigenvalue weighted by molar-refractivity contribution is -0.138. The molecule has 0 aliphatic heterocycles. The number of nitrogens with one attached hydrogen (secondary N) is 1. The van der Waals surface area contributed by atoms with Gasteiger partial charge in [-0.25, -0.2) is 4.79 Å². The largest absolute Gasteiger partial charge is 0.479 e. The van der Waals surface area contributed by atoms with Crippen molar-refractivity contribution >= 4 is 23.3 Å². The van der Waals surface area contributed by atoms with Gasteiger partial charge in [-0.2, -0.15) is 5.10 Å². The van der Waals surface area contributed by atoms with Gasteiger partial charge in [0.05, 0.1) is 16.9 Å². The molecular weight excluding hydrogens is 254 g/mol. The molecule has 0 aliphatic carbocycles.